The number of likely N-dealkylation sites (N-methyl/N-ethyl adjacent to an activating group) is 1. The first-order chi connectivity index (χ1) is 9.76. The highest BCUT2D eigenvalue weighted by atomic mass is 16.5. The average molecular weight is 278 g/mol. The van der Waals surface area contributed by atoms with E-state index in [0.29, 0.717) is 12.6 Å². The molecule has 2 atom stereocenters. The van der Waals surface area contributed by atoms with Crippen LogP contribution >= 0.6 is 0 Å². The molecule has 1 aromatic rings. The van der Waals surface area contributed by atoms with Crippen molar-refractivity contribution in [3.05, 3.63) is 29.8 Å². The van der Waals surface area contributed by atoms with Gasteiger partial charge in [-0.15, -0.1) is 0 Å². The lowest BCUT2D eigenvalue weighted by Gasteiger charge is -2.33. The number of nitrogens with zero attached hydrogens (tertiary/aromatic N) is 1. The van der Waals surface area contributed by atoms with Gasteiger partial charge in [0.2, 0.25) is 0 Å². The second-order valence-corrected chi connectivity index (χ2v) is 5.42. The zero-order valence-electron chi connectivity index (χ0n) is 12.5. The number of ether oxygens (including phenoxy) is 2. The van der Waals surface area contributed by atoms with Crippen molar-refractivity contribution in [1.82, 2.24) is 4.90 Å². The van der Waals surface area contributed by atoms with Gasteiger partial charge in [-0.25, -0.2) is 0 Å². The molecule has 1 aliphatic rings. The number of hydrogen-bond acceptors (Lipinski definition) is 4. The number of rotatable bonds is 6. The van der Waals surface area contributed by atoms with E-state index >= 15 is 0 Å². The second-order valence-electron chi connectivity index (χ2n) is 5.42. The summed E-state index contributed by atoms with van der Waals surface area (Å²) in [5.74, 6) is 0.902. The topological polar surface area (TPSA) is 47.7 Å². The van der Waals surface area contributed by atoms with Crippen LogP contribution in [-0.2, 0) is 4.74 Å². The zero-order chi connectivity index (χ0) is 14.4. The third-order valence-corrected chi connectivity index (χ3v) is 4.02. The molecule has 20 heavy (non-hydrogen) atoms. The molecule has 0 aliphatic carbocycles. The first-order valence-electron chi connectivity index (χ1n) is 7.41. The van der Waals surface area contributed by atoms with Gasteiger partial charge in [-0.1, -0.05) is 18.2 Å². The summed E-state index contributed by atoms with van der Waals surface area (Å²) < 4.78 is 11.3. The van der Waals surface area contributed by atoms with Gasteiger partial charge in [-0.3, -0.25) is 4.90 Å². The highest BCUT2D eigenvalue weighted by Gasteiger charge is 2.23. The van der Waals surface area contributed by atoms with Gasteiger partial charge in [0.15, 0.2) is 0 Å². The first kappa shape index (κ1) is 15.3. The SMILES string of the molecule is COc1ccccc1C(CN)N(C)CC1CCCCO1. The Morgan fingerprint density at radius 2 is 2.20 bits per heavy atom. The van der Waals surface area contributed by atoms with Crippen molar-refractivity contribution in [3.8, 4) is 5.75 Å². The van der Waals surface area contributed by atoms with E-state index in [1.807, 2.05) is 18.2 Å². The minimum atomic E-state index is 0.164. The lowest BCUT2D eigenvalue weighted by Crippen LogP contribution is -2.38. The Balaban J connectivity index is 2.06. The Kier molecular flexibility index (Phi) is 5.83. The predicted molar refractivity (Wildman–Crippen MR) is 81.0 cm³/mol. The van der Waals surface area contributed by atoms with Crippen LogP contribution in [0.3, 0.4) is 0 Å². The molecule has 0 amide bonds. The Bertz CT molecular complexity index is 405. The average Bonchev–Trinajstić information content (AvgIpc) is 2.49. The summed E-state index contributed by atoms with van der Waals surface area (Å²) in [6, 6.07) is 8.26. The molecule has 2 rings (SSSR count). The molecule has 4 heteroatoms. The molecular formula is C16H26N2O2. The van der Waals surface area contributed by atoms with Crippen LogP contribution in [0.25, 0.3) is 0 Å². The van der Waals surface area contributed by atoms with Crippen molar-refractivity contribution in [2.75, 3.05) is 33.9 Å². The molecular weight excluding hydrogens is 252 g/mol. The molecule has 4 nitrogen and oxygen atoms in total. The quantitative estimate of drug-likeness (QED) is 0.866. The van der Waals surface area contributed by atoms with Gasteiger partial charge < -0.3 is 15.2 Å². The van der Waals surface area contributed by atoms with Crippen LogP contribution in [-0.4, -0.2) is 44.9 Å². The summed E-state index contributed by atoms with van der Waals surface area (Å²) >= 11 is 0. The largest absolute Gasteiger partial charge is 0.496 e. The molecule has 112 valence electrons. The van der Waals surface area contributed by atoms with E-state index in [4.69, 9.17) is 15.2 Å². The van der Waals surface area contributed by atoms with Gasteiger partial charge >= 0.3 is 0 Å². The van der Waals surface area contributed by atoms with Gasteiger partial charge in [0.25, 0.3) is 0 Å². The van der Waals surface area contributed by atoms with Crippen LogP contribution < -0.4 is 10.5 Å². The van der Waals surface area contributed by atoms with Crippen molar-refractivity contribution in [2.24, 2.45) is 5.73 Å². The van der Waals surface area contributed by atoms with Gasteiger partial charge in [0, 0.05) is 25.3 Å². The van der Waals surface area contributed by atoms with Crippen LogP contribution in [0.2, 0.25) is 0 Å². The van der Waals surface area contributed by atoms with Crippen LogP contribution in [0.1, 0.15) is 30.9 Å². The fourth-order valence-corrected chi connectivity index (χ4v) is 2.89. The maximum atomic E-state index is 6.00. The fourth-order valence-electron chi connectivity index (χ4n) is 2.89. The lowest BCUT2D eigenvalue weighted by molar-refractivity contribution is -0.00791. The zero-order valence-corrected chi connectivity index (χ0v) is 12.5. The Morgan fingerprint density at radius 3 is 2.85 bits per heavy atom. The standard InChI is InChI=1S/C16H26N2O2/c1-18(12-13-7-5-6-10-20-13)15(11-17)14-8-3-4-9-16(14)19-2/h3-4,8-9,13,15H,5-7,10-12,17H2,1-2H3. The number of hydrogen-bond donors (Lipinski definition) is 1. The van der Waals surface area contributed by atoms with Crippen molar-refractivity contribution in [1.29, 1.82) is 0 Å². The summed E-state index contributed by atoms with van der Waals surface area (Å²) in [5.41, 5.74) is 7.15. The van der Waals surface area contributed by atoms with E-state index in [1.54, 1.807) is 7.11 Å². The minimum absolute atomic E-state index is 0.164. The summed E-state index contributed by atoms with van der Waals surface area (Å²) in [5, 5.41) is 0. The first-order valence-corrected chi connectivity index (χ1v) is 7.41. The van der Waals surface area contributed by atoms with E-state index in [2.05, 4.69) is 18.0 Å². The highest BCUT2D eigenvalue weighted by molar-refractivity contribution is 5.36. The highest BCUT2D eigenvalue weighted by Crippen LogP contribution is 2.28. The van der Waals surface area contributed by atoms with Gasteiger partial charge in [0.1, 0.15) is 5.75 Å². The van der Waals surface area contributed by atoms with Crippen molar-refractivity contribution >= 4 is 0 Å². The van der Waals surface area contributed by atoms with Crippen LogP contribution in [0, 0.1) is 0 Å². The molecule has 1 fully saturated rings. The molecule has 0 saturated carbocycles. The maximum Gasteiger partial charge on any atom is 0.123 e. The maximum absolute atomic E-state index is 6.00. The molecule has 1 aromatic carbocycles. The molecule has 1 heterocycles. The minimum Gasteiger partial charge on any atom is -0.496 e. The van der Waals surface area contributed by atoms with Crippen molar-refractivity contribution in [3.63, 3.8) is 0 Å². The normalized spacial score (nSPS) is 20.9. The molecule has 0 bridgehead atoms. The third kappa shape index (κ3) is 3.72. The molecule has 0 radical (unpaired) electrons. The van der Waals surface area contributed by atoms with E-state index in [1.165, 1.54) is 12.8 Å². The third-order valence-electron chi connectivity index (χ3n) is 4.02. The van der Waals surface area contributed by atoms with E-state index in [-0.39, 0.29) is 6.04 Å². The Labute approximate surface area is 121 Å². The van der Waals surface area contributed by atoms with E-state index in [0.717, 1.165) is 30.9 Å². The van der Waals surface area contributed by atoms with Gasteiger partial charge in [0.05, 0.1) is 19.3 Å². The number of methoxy groups -OCH3 is 1. The van der Waals surface area contributed by atoms with Crippen molar-refractivity contribution in [2.45, 2.75) is 31.4 Å². The second kappa shape index (κ2) is 7.62. The van der Waals surface area contributed by atoms with E-state index in [9.17, 15) is 0 Å². The van der Waals surface area contributed by atoms with Gasteiger partial charge in [-0.2, -0.15) is 0 Å². The Morgan fingerprint density at radius 1 is 1.40 bits per heavy atom. The molecule has 1 saturated heterocycles. The predicted octanol–water partition coefficient (Wildman–Crippen LogP) is 2.20. The summed E-state index contributed by atoms with van der Waals surface area (Å²) in [7, 11) is 3.82. The molecule has 2 unspecified atom stereocenters. The van der Waals surface area contributed by atoms with Crippen molar-refractivity contribution < 1.29 is 9.47 Å². The fraction of sp³-hybridized carbons (Fsp3) is 0.625. The number of benzene rings is 1. The van der Waals surface area contributed by atoms with Crippen LogP contribution in [0.4, 0.5) is 0 Å². The molecule has 2 N–H and O–H groups in total. The molecule has 0 aromatic heterocycles. The summed E-state index contributed by atoms with van der Waals surface area (Å²) in [6.45, 7) is 2.38. The van der Waals surface area contributed by atoms with Crippen LogP contribution in [0.15, 0.2) is 24.3 Å². The molecule has 0 spiro atoms. The molecule has 1 aliphatic heterocycles. The summed E-state index contributed by atoms with van der Waals surface area (Å²) in [4.78, 5) is 2.29. The van der Waals surface area contributed by atoms with E-state index < -0.39 is 0 Å². The lowest BCUT2D eigenvalue weighted by atomic mass is 10.0. The monoisotopic (exact) mass is 278 g/mol. The van der Waals surface area contributed by atoms with Gasteiger partial charge in [-0.05, 0) is 32.4 Å². The Hall–Kier alpha value is -1.10. The smallest absolute Gasteiger partial charge is 0.123 e. The number of para-hydroxylation sites is 1. The van der Waals surface area contributed by atoms with Crippen LogP contribution in [0.5, 0.6) is 5.75 Å². The summed E-state index contributed by atoms with van der Waals surface area (Å²) in [6.07, 6.45) is 3.93. The number of nitrogens with two attached hydrogens (primary N) is 1.